The highest BCUT2D eigenvalue weighted by Crippen LogP contribution is 2.55. The summed E-state index contributed by atoms with van der Waals surface area (Å²) in [5.74, 6) is 0. The number of aliphatic hydroxyl groups excluding tert-OH is 3. The zero-order valence-corrected chi connectivity index (χ0v) is 8.36. The summed E-state index contributed by atoms with van der Waals surface area (Å²) in [6.07, 6.45) is -6.38. The van der Waals surface area contributed by atoms with Gasteiger partial charge in [0.05, 0.1) is 6.61 Å². The summed E-state index contributed by atoms with van der Waals surface area (Å²) in [6.45, 7) is -0.541. The van der Waals surface area contributed by atoms with Crippen molar-refractivity contribution >= 4 is 7.82 Å². The standard InChI is InChI=1S/C6H11O8P/c7-1-2-3(8)4(9)5-6(12-2)14-15(10,11)13-5/h2-9H,1H2,(H,10,11)/t2-,3+,4+,5-,6-/m1/s1. The van der Waals surface area contributed by atoms with Crippen molar-refractivity contribution in [1.82, 2.24) is 0 Å². The largest absolute Gasteiger partial charge is 0.475 e. The molecule has 2 aliphatic rings. The van der Waals surface area contributed by atoms with Gasteiger partial charge in [0, 0.05) is 0 Å². The summed E-state index contributed by atoms with van der Waals surface area (Å²) in [4.78, 5) is 8.96. The first kappa shape index (κ1) is 11.4. The first-order valence-corrected chi connectivity index (χ1v) is 5.76. The molecule has 2 rings (SSSR count). The second-order valence-electron chi connectivity index (χ2n) is 3.35. The molecular formula is C6H11O8P. The average Bonchev–Trinajstić information content (AvgIpc) is 2.47. The fraction of sp³-hybridized carbons (Fsp3) is 1.00. The summed E-state index contributed by atoms with van der Waals surface area (Å²) < 4.78 is 24.9. The zero-order valence-electron chi connectivity index (χ0n) is 7.46. The molecule has 1 unspecified atom stereocenters. The zero-order chi connectivity index (χ0) is 11.2. The van der Waals surface area contributed by atoms with Gasteiger partial charge in [0.25, 0.3) is 0 Å². The average molecular weight is 242 g/mol. The van der Waals surface area contributed by atoms with Crippen LogP contribution in [0.1, 0.15) is 0 Å². The van der Waals surface area contributed by atoms with Crippen LogP contribution >= 0.6 is 7.82 Å². The highest BCUT2D eigenvalue weighted by atomic mass is 31.2. The van der Waals surface area contributed by atoms with Crippen molar-refractivity contribution in [3.8, 4) is 0 Å². The summed E-state index contributed by atoms with van der Waals surface area (Å²) >= 11 is 0. The Labute approximate surface area is 84.6 Å². The van der Waals surface area contributed by atoms with Crippen LogP contribution in [0.5, 0.6) is 0 Å². The number of phosphoric ester groups is 1. The third-order valence-corrected chi connectivity index (χ3v) is 3.30. The van der Waals surface area contributed by atoms with Crippen LogP contribution in [0.25, 0.3) is 0 Å². The van der Waals surface area contributed by atoms with Gasteiger partial charge in [0.1, 0.15) is 24.4 Å². The van der Waals surface area contributed by atoms with E-state index in [1.165, 1.54) is 0 Å². The maximum atomic E-state index is 11.0. The summed E-state index contributed by atoms with van der Waals surface area (Å²) in [5.41, 5.74) is 0. The number of fused-ring (bicyclic) bond motifs is 1. The first-order chi connectivity index (χ1) is 6.94. The Morgan fingerprint density at radius 1 is 1.20 bits per heavy atom. The fourth-order valence-electron chi connectivity index (χ4n) is 1.56. The molecule has 8 nitrogen and oxygen atoms in total. The maximum absolute atomic E-state index is 11.0. The predicted octanol–water partition coefficient (Wildman–Crippen LogP) is -2.06. The lowest BCUT2D eigenvalue weighted by Gasteiger charge is -2.36. The Bertz CT molecular complexity index is 295. The van der Waals surface area contributed by atoms with E-state index in [2.05, 4.69) is 9.05 Å². The highest BCUT2D eigenvalue weighted by Gasteiger charge is 2.55. The molecule has 0 radical (unpaired) electrons. The quantitative estimate of drug-likeness (QED) is 0.387. The van der Waals surface area contributed by atoms with Crippen LogP contribution in [0, 0.1) is 0 Å². The molecule has 4 N–H and O–H groups in total. The Morgan fingerprint density at radius 3 is 2.47 bits per heavy atom. The van der Waals surface area contributed by atoms with E-state index in [-0.39, 0.29) is 0 Å². The Kier molecular flexibility index (Phi) is 2.87. The molecule has 2 saturated heterocycles. The molecule has 0 aromatic rings. The highest BCUT2D eigenvalue weighted by molar-refractivity contribution is 7.47. The molecule has 0 bridgehead atoms. The lowest BCUT2D eigenvalue weighted by molar-refractivity contribution is -0.249. The van der Waals surface area contributed by atoms with Gasteiger partial charge in [-0.15, -0.1) is 0 Å². The second-order valence-corrected chi connectivity index (χ2v) is 4.71. The molecule has 6 atom stereocenters. The third-order valence-electron chi connectivity index (χ3n) is 2.32. The molecular weight excluding hydrogens is 231 g/mol. The number of rotatable bonds is 1. The van der Waals surface area contributed by atoms with Gasteiger partial charge in [-0.05, 0) is 0 Å². The number of hydrogen-bond donors (Lipinski definition) is 4. The number of hydrogen-bond acceptors (Lipinski definition) is 7. The van der Waals surface area contributed by atoms with Crippen LogP contribution in [0.4, 0.5) is 0 Å². The minimum absolute atomic E-state index is 0.541. The fourth-order valence-corrected chi connectivity index (χ4v) is 2.58. The molecule has 0 spiro atoms. The van der Waals surface area contributed by atoms with Crippen LogP contribution in [-0.2, 0) is 18.3 Å². The maximum Gasteiger partial charge on any atom is 0.475 e. The van der Waals surface area contributed by atoms with Gasteiger partial charge < -0.3 is 24.9 Å². The SMILES string of the molecule is O=P1(O)O[C@H]2O[C@H](CO)[C@H](O)[C@H](O)[C@H]2O1. The van der Waals surface area contributed by atoms with Crippen molar-refractivity contribution in [1.29, 1.82) is 0 Å². The summed E-state index contributed by atoms with van der Waals surface area (Å²) in [7, 11) is -4.23. The number of ether oxygens (including phenoxy) is 1. The van der Waals surface area contributed by atoms with E-state index < -0.39 is 45.1 Å². The van der Waals surface area contributed by atoms with Crippen LogP contribution in [0.2, 0.25) is 0 Å². The Morgan fingerprint density at radius 2 is 1.87 bits per heavy atom. The molecule has 0 aromatic carbocycles. The van der Waals surface area contributed by atoms with Crippen molar-refractivity contribution in [3.05, 3.63) is 0 Å². The first-order valence-electron chi connectivity index (χ1n) is 4.26. The van der Waals surface area contributed by atoms with E-state index in [1.54, 1.807) is 0 Å². The van der Waals surface area contributed by atoms with Crippen molar-refractivity contribution in [2.24, 2.45) is 0 Å². The van der Waals surface area contributed by atoms with Crippen LogP contribution < -0.4 is 0 Å². The van der Waals surface area contributed by atoms with Crippen molar-refractivity contribution in [3.63, 3.8) is 0 Å². The third kappa shape index (κ3) is 1.95. The van der Waals surface area contributed by atoms with Crippen molar-refractivity contribution < 1.29 is 38.6 Å². The van der Waals surface area contributed by atoms with Crippen molar-refractivity contribution in [2.75, 3.05) is 6.61 Å². The Hall–Kier alpha value is -0.0500. The van der Waals surface area contributed by atoms with Gasteiger partial charge in [0.15, 0.2) is 6.29 Å². The molecule has 2 fully saturated rings. The van der Waals surface area contributed by atoms with E-state index in [0.717, 1.165) is 0 Å². The lowest BCUT2D eigenvalue weighted by atomic mass is 10.00. The number of phosphoric acid groups is 1. The molecule has 0 saturated carbocycles. The van der Waals surface area contributed by atoms with E-state index >= 15 is 0 Å². The minimum atomic E-state index is -4.23. The van der Waals surface area contributed by atoms with Gasteiger partial charge in [0.2, 0.25) is 0 Å². The summed E-state index contributed by atoms with van der Waals surface area (Å²) in [5, 5.41) is 27.7. The minimum Gasteiger partial charge on any atom is -0.394 e. The molecule has 15 heavy (non-hydrogen) atoms. The van der Waals surface area contributed by atoms with Crippen molar-refractivity contribution in [2.45, 2.75) is 30.7 Å². The monoisotopic (exact) mass is 242 g/mol. The Balaban J connectivity index is 2.17. The molecule has 0 amide bonds. The van der Waals surface area contributed by atoms with E-state index in [9.17, 15) is 14.8 Å². The van der Waals surface area contributed by atoms with Crippen LogP contribution in [0.3, 0.4) is 0 Å². The van der Waals surface area contributed by atoms with Crippen LogP contribution in [0.15, 0.2) is 0 Å². The topological polar surface area (TPSA) is 126 Å². The lowest BCUT2D eigenvalue weighted by Crippen LogP contribution is -2.57. The predicted molar refractivity (Wildman–Crippen MR) is 43.5 cm³/mol. The summed E-state index contributed by atoms with van der Waals surface area (Å²) in [6, 6.07) is 0. The molecule has 2 heterocycles. The van der Waals surface area contributed by atoms with E-state index in [1.807, 2.05) is 0 Å². The normalized spacial score (nSPS) is 55.3. The smallest absolute Gasteiger partial charge is 0.394 e. The molecule has 2 aliphatic heterocycles. The van der Waals surface area contributed by atoms with Gasteiger partial charge in [-0.2, -0.15) is 0 Å². The van der Waals surface area contributed by atoms with Crippen LogP contribution in [-0.4, -0.2) is 57.5 Å². The molecule has 88 valence electrons. The van der Waals surface area contributed by atoms with Gasteiger partial charge in [-0.1, -0.05) is 0 Å². The van der Waals surface area contributed by atoms with Gasteiger partial charge in [-0.3, -0.25) is 9.05 Å². The van der Waals surface area contributed by atoms with Gasteiger partial charge in [-0.25, -0.2) is 4.57 Å². The van der Waals surface area contributed by atoms with E-state index in [0.29, 0.717) is 0 Å². The second kappa shape index (κ2) is 3.76. The van der Waals surface area contributed by atoms with E-state index in [4.69, 9.17) is 14.7 Å². The molecule has 0 aromatic heterocycles. The molecule has 0 aliphatic carbocycles. The van der Waals surface area contributed by atoms with Gasteiger partial charge >= 0.3 is 7.82 Å². The number of aliphatic hydroxyl groups is 3. The molecule has 9 heteroatoms.